The average molecular weight is 440 g/mol. The first kappa shape index (κ1) is 20.4. The van der Waals surface area contributed by atoms with Crippen molar-refractivity contribution in [2.24, 2.45) is 0 Å². The van der Waals surface area contributed by atoms with Gasteiger partial charge in [0, 0.05) is 10.0 Å². The topological polar surface area (TPSA) is 60.2 Å². The summed E-state index contributed by atoms with van der Waals surface area (Å²) < 4.78 is 7.66. The lowest BCUT2D eigenvalue weighted by molar-refractivity contribution is -0.0978. The lowest BCUT2D eigenvalue weighted by Crippen LogP contribution is -2.38. The van der Waals surface area contributed by atoms with E-state index in [1.165, 1.54) is 17.3 Å². The molecule has 1 N–H and O–H groups in total. The van der Waals surface area contributed by atoms with Crippen molar-refractivity contribution in [3.63, 3.8) is 0 Å². The van der Waals surface area contributed by atoms with E-state index in [9.17, 15) is 5.11 Å². The third-order valence-electron chi connectivity index (χ3n) is 4.87. The van der Waals surface area contributed by atoms with Crippen LogP contribution in [-0.4, -0.2) is 19.9 Å². The van der Waals surface area contributed by atoms with E-state index in [4.69, 9.17) is 27.9 Å². The van der Waals surface area contributed by atoms with Gasteiger partial charge in [0.25, 0.3) is 0 Å². The smallest absolute Gasteiger partial charge is 0.225 e. The monoisotopic (exact) mass is 439 g/mol. The van der Waals surface area contributed by atoms with Gasteiger partial charge in [0.1, 0.15) is 24.0 Å². The molecule has 0 saturated heterocycles. The molecule has 0 aliphatic rings. The second kappa shape index (κ2) is 8.48. The van der Waals surface area contributed by atoms with Crippen LogP contribution in [0.4, 0.5) is 0 Å². The van der Waals surface area contributed by atoms with Gasteiger partial charge >= 0.3 is 0 Å². The fraction of sp³-hybridized carbons (Fsp3) is 0.130. The lowest BCUT2D eigenvalue weighted by Gasteiger charge is -2.33. The molecular formula is C23H19Cl2N3O2. The van der Waals surface area contributed by atoms with Gasteiger partial charge in [-0.25, -0.2) is 9.67 Å². The van der Waals surface area contributed by atoms with E-state index in [0.717, 1.165) is 11.1 Å². The molecule has 152 valence electrons. The number of hydrogen-bond donors (Lipinski definition) is 1. The molecule has 1 aromatic heterocycles. The van der Waals surface area contributed by atoms with E-state index in [0.29, 0.717) is 21.4 Å². The number of rotatable bonds is 6. The molecule has 0 aliphatic carbocycles. The Bertz CT molecular complexity index is 1090. The van der Waals surface area contributed by atoms with Gasteiger partial charge in [0.2, 0.25) is 6.23 Å². The van der Waals surface area contributed by atoms with Crippen molar-refractivity contribution >= 4 is 23.2 Å². The predicted octanol–water partition coefficient (Wildman–Crippen LogP) is 5.74. The number of ether oxygens (including phenoxy) is 1. The number of benzene rings is 3. The summed E-state index contributed by atoms with van der Waals surface area (Å²) in [6.07, 6.45) is 2.07. The Morgan fingerprint density at radius 1 is 0.867 bits per heavy atom. The molecule has 0 spiro atoms. The van der Waals surface area contributed by atoms with E-state index in [1.54, 1.807) is 31.2 Å². The Kier molecular flexibility index (Phi) is 5.77. The maximum atomic E-state index is 11.4. The standard InChI is InChI=1S/C23H19Cl2N3O2/c1-23(29,18-6-10-20(25)11-7-18)22(28-15-26-14-27-28)30-21-12-4-17(5-13-21)16-2-8-19(24)9-3-16/h2-15,22,29H,1H3. The van der Waals surface area contributed by atoms with Crippen LogP contribution in [0, 0.1) is 0 Å². The Balaban J connectivity index is 1.63. The van der Waals surface area contributed by atoms with Crippen LogP contribution in [0.1, 0.15) is 18.7 Å². The van der Waals surface area contributed by atoms with E-state index in [-0.39, 0.29) is 0 Å². The first-order valence-corrected chi connectivity index (χ1v) is 10.0. The van der Waals surface area contributed by atoms with Gasteiger partial charge in [-0.05, 0) is 60.0 Å². The highest BCUT2D eigenvalue weighted by atomic mass is 35.5. The van der Waals surface area contributed by atoms with Crippen molar-refractivity contribution in [3.05, 3.63) is 101 Å². The molecule has 4 rings (SSSR count). The number of hydrogen-bond acceptors (Lipinski definition) is 4. The largest absolute Gasteiger partial charge is 0.465 e. The average Bonchev–Trinajstić information content (AvgIpc) is 3.28. The maximum Gasteiger partial charge on any atom is 0.225 e. The van der Waals surface area contributed by atoms with Crippen LogP contribution in [0.3, 0.4) is 0 Å². The molecule has 0 amide bonds. The van der Waals surface area contributed by atoms with E-state index < -0.39 is 11.8 Å². The second-order valence-corrected chi connectivity index (χ2v) is 7.90. The molecule has 4 aromatic rings. The van der Waals surface area contributed by atoms with Crippen LogP contribution in [0.15, 0.2) is 85.5 Å². The van der Waals surface area contributed by atoms with Gasteiger partial charge in [0.15, 0.2) is 0 Å². The van der Waals surface area contributed by atoms with E-state index in [2.05, 4.69) is 10.1 Å². The summed E-state index contributed by atoms with van der Waals surface area (Å²) in [5.41, 5.74) is 1.32. The molecule has 7 heteroatoms. The first-order chi connectivity index (χ1) is 14.4. The summed E-state index contributed by atoms with van der Waals surface area (Å²) in [4.78, 5) is 4.00. The minimum absolute atomic E-state index is 0.586. The van der Waals surface area contributed by atoms with Crippen LogP contribution >= 0.6 is 23.2 Å². The summed E-state index contributed by atoms with van der Waals surface area (Å²) in [5, 5.41) is 16.8. The zero-order valence-corrected chi connectivity index (χ0v) is 17.6. The highest BCUT2D eigenvalue weighted by Gasteiger charge is 2.38. The second-order valence-electron chi connectivity index (χ2n) is 7.03. The summed E-state index contributed by atoms with van der Waals surface area (Å²) in [7, 11) is 0. The zero-order valence-electron chi connectivity index (χ0n) is 16.1. The van der Waals surface area contributed by atoms with Crippen LogP contribution in [-0.2, 0) is 5.60 Å². The minimum atomic E-state index is -1.40. The molecule has 2 unspecified atom stereocenters. The fourth-order valence-corrected chi connectivity index (χ4v) is 3.44. The van der Waals surface area contributed by atoms with Gasteiger partial charge in [0.05, 0.1) is 0 Å². The van der Waals surface area contributed by atoms with Crippen molar-refractivity contribution in [2.45, 2.75) is 18.8 Å². The highest BCUT2D eigenvalue weighted by Crippen LogP contribution is 2.35. The lowest BCUT2D eigenvalue weighted by atomic mass is 9.94. The van der Waals surface area contributed by atoms with Crippen molar-refractivity contribution in [3.8, 4) is 16.9 Å². The highest BCUT2D eigenvalue weighted by molar-refractivity contribution is 6.30. The third kappa shape index (κ3) is 4.33. The molecule has 0 aliphatic heterocycles. The number of aliphatic hydroxyl groups is 1. The zero-order chi connectivity index (χ0) is 21.1. The number of nitrogens with zero attached hydrogens (tertiary/aromatic N) is 3. The van der Waals surface area contributed by atoms with E-state index in [1.807, 2.05) is 48.5 Å². The van der Waals surface area contributed by atoms with Crippen LogP contribution in [0.2, 0.25) is 10.0 Å². The molecule has 0 fully saturated rings. The molecule has 3 aromatic carbocycles. The van der Waals surface area contributed by atoms with Crippen molar-refractivity contribution in [1.82, 2.24) is 14.8 Å². The first-order valence-electron chi connectivity index (χ1n) is 9.29. The third-order valence-corrected chi connectivity index (χ3v) is 5.37. The Morgan fingerprint density at radius 2 is 1.40 bits per heavy atom. The normalized spacial score (nSPS) is 14.1. The van der Waals surface area contributed by atoms with Gasteiger partial charge in [-0.1, -0.05) is 59.6 Å². The minimum Gasteiger partial charge on any atom is -0.465 e. The van der Waals surface area contributed by atoms with Crippen LogP contribution in [0.5, 0.6) is 5.75 Å². The Hall–Kier alpha value is -2.86. The number of aromatic nitrogens is 3. The van der Waals surface area contributed by atoms with Gasteiger partial charge in [-0.2, -0.15) is 5.10 Å². The van der Waals surface area contributed by atoms with Crippen molar-refractivity contribution in [1.29, 1.82) is 0 Å². The molecule has 2 atom stereocenters. The van der Waals surface area contributed by atoms with Gasteiger partial charge in [-0.15, -0.1) is 0 Å². The Labute approximate surface area is 184 Å². The molecular weight excluding hydrogens is 421 g/mol. The molecule has 30 heavy (non-hydrogen) atoms. The molecule has 1 heterocycles. The van der Waals surface area contributed by atoms with Gasteiger partial charge in [-0.3, -0.25) is 0 Å². The van der Waals surface area contributed by atoms with E-state index >= 15 is 0 Å². The van der Waals surface area contributed by atoms with Crippen molar-refractivity contribution < 1.29 is 9.84 Å². The summed E-state index contributed by atoms with van der Waals surface area (Å²) in [5.74, 6) is 0.586. The van der Waals surface area contributed by atoms with Crippen LogP contribution < -0.4 is 4.74 Å². The Morgan fingerprint density at radius 3 is 1.93 bits per heavy atom. The fourth-order valence-electron chi connectivity index (χ4n) is 3.19. The maximum absolute atomic E-state index is 11.4. The van der Waals surface area contributed by atoms with Crippen molar-refractivity contribution in [2.75, 3.05) is 0 Å². The SMILES string of the molecule is CC(O)(c1ccc(Cl)cc1)C(Oc1ccc(-c2ccc(Cl)cc2)cc1)n1cncn1. The molecule has 0 saturated carbocycles. The quantitative estimate of drug-likeness (QED) is 0.416. The summed E-state index contributed by atoms with van der Waals surface area (Å²) in [6, 6.07) is 22.2. The predicted molar refractivity (Wildman–Crippen MR) is 118 cm³/mol. The molecule has 0 bridgehead atoms. The van der Waals surface area contributed by atoms with Gasteiger partial charge < -0.3 is 9.84 Å². The van der Waals surface area contributed by atoms with Crippen LogP contribution in [0.25, 0.3) is 11.1 Å². The summed E-state index contributed by atoms with van der Waals surface area (Å²) in [6.45, 7) is 1.67. The molecule has 5 nitrogen and oxygen atoms in total. The molecule has 0 radical (unpaired) electrons. The summed E-state index contributed by atoms with van der Waals surface area (Å²) >= 11 is 12.0. The number of halogens is 2.